The van der Waals surface area contributed by atoms with E-state index in [1.807, 2.05) is 24.5 Å². The highest BCUT2D eigenvalue weighted by Gasteiger charge is 2.19. The predicted molar refractivity (Wildman–Crippen MR) is 155 cm³/mol. The lowest BCUT2D eigenvalue weighted by atomic mass is 10.1. The van der Waals surface area contributed by atoms with Gasteiger partial charge in [0.2, 0.25) is 0 Å². The van der Waals surface area contributed by atoms with Gasteiger partial charge in [-0.3, -0.25) is 0 Å². The molecule has 0 unspecified atom stereocenters. The van der Waals surface area contributed by atoms with Crippen LogP contribution in [-0.4, -0.2) is 22.5 Å². The topological polar surface area (TPSA) is 109 Å². The first-order chi connectivity index (χ1) is 19.6. The van der Waals surface area contributed by atoms with Crippen LogP contribution in [0.2, 0.25) is 0 Å². The highest BCUT2D eigenvalue weighted by atomic mass is 16.5. The molecular formula is C33H38N4O3. The molecule has 0 radical (unpaired) electrons. The van der Waals surface area contributed by atoms with Crippen molar-refractivity contribution in [2.75, 3.05) is 6.61 Å². The van der Waals surface area contributed by atoms with Crippen LogP contribution in [0.25, 0.3) is 11.4 Å². The van der Waals surface area contributed by atoms with E-state index in [-0.39, 0.29) is 16.9 Å². The Morgan fingerprint density at radius 2 is 1.32 bits per heavy atom. The first kappa shape index (κ1) is 30.3. The SMILES string of the molecule is CCCCCCCCc1cnc(-c2ccc(C(=O)Oc3ccc(OCCCCCC)c(C#N)c3C#N)cc2)nc1. The molecule has 0 atom stereocenters. The van der Waals surface area contributed by atoms with Gasteiger partial charge >= 0.3 is 5.97 Å². The first-order valence-electron chi connectivity index (χ1n) is 14.3. The molecule has 3 aromatic rings. The van der Waals surface area contributed by atoms with Crippen molar-refractivity contribution in [3.8, 4) is 35.0 Å². The lowest BCUT2D eigenvalue weighted by Crippen LogP contribution is -2.10. The van der Waals surface area contributed by atoms with Gasteiger partial charge in [-0.05, 0) is 49.1 Å². The van der Waals surface area contributed by atoms with Crippen molar-refractivity contribution in [2.24, 2.45) is 0 Å². The van der Waals surface area contributed by atoms with Gasteiger partial charge in [-0.1, -0.05) is 77.3 Å². The zero-order valence-corrected chi connectivity index (χ0v) is 23.6. The molecule has 0 amide bonds. The Bertz CT molecular complexity index is 1310. The van der Waals surface area contributed by atoms with Gasteiger partial charge < -0.3 is 9.47 Å². The number of nitriles is 2. The molecule has 3 rings (SSSR count). The Balaban J connectivity index is 1.60. The number of nitrogens with zero attached hydrogens (tertiary/aromatic N) is 4. The molecule has 0 fully saturated rings. The van der Waals surface area contributed by atoms with Gasteiger partial charge in [-0.15, -0.1) is 0 Å². The second-order valence-corrected chi connectivity index (χ2v) is 9.84. The summed E-state index contributed by atoms with van der Waals surface area (Å²) in [5.74, 6) is 0.297. The van der Waals surface area contributed by atoms with E-state index in [1.54, 1.807) is 30.3 Å². The van der Waals surface area contributed by atoms with Crippen molar-refractivity contribution in [3.63, 3.8) is 0 Å². The summed E-state index contributed by atoms with van der Waals surface area (Å²) in [6.45, 7) is 4.81. The smallest absolute Gasteiger partial charge is 0.343 e. The monoisotopic (exact) mass is 538 g/mol. The van der Waals surface area contributed by atoms with E-state index in [2.05, 4.69) is 23.8 Å². The van der Waals surface area contributed by atoms with Crippen LogP contribution in [0.1, 0.15) is 105 Å². The standard InChI is InChI=1S/C33H38N4O3/c1-3-5-7-9-10-11-13-25-23-36-32(37-24-25)26-14-16-27(17-15-26)33(38)40-31-19-18-30(28(21-34)29(31)22-35)39-20-12-8-6-4-2/h14-19,23-24H,3-13,20H2,1-2H3. The van der Waals surface area contributed by atoms with Gasteiger partial charge in [0.05, 0.1) is 12.2 Å². The van der Waals surface area contributed by atoms with Crippen LogP contribution in [0.15, 0.2) is 48.8 Å². The van der Waals surface area contributed by atoms with Crippen molar-refractivity contribution in [1.82, 2.24) is 9.97 Å². The van der Waals surface area contributed by atoms with Crippen molar-refractivity contribution in [3.05, 3.63) is 71.0 Å². The molecule has 7 nitrogen and oxygen atoms in total. The number of carbonyl (C=O) groups is 1. The molecule has 7 heteroatoms. The normalized spacial score (nSPS) is 10.5. The number of ether oxygens (including phenoxy) is 2. The molecule has 2 aromatic carbocycles. The van der Waals surface area contributed by atoms with Gasteiger partial charge in [0.25, 0.3) is 0 Å². The van der Waals surface area contributed by atoms with Crippen LogP contribution in [0.3, 0.4) is 0 Å². The molecule has 0 aliphatic carbocycles. The molecule has 40 heavy (non-hydrogen) atoms. The maximum Gasteiger partial charge on any atom is 0.343 e. The number of carbonyl (C=O) groups excluding carboxylic acids is 1. The minimum atomic E-state index is -0.629. The molecule has 0 bridgehead atoms. The Kier molecular flexibility index (Phi) is 12.6. The number of hydrogen-bond acceptors (Lipinski definition) is 7. The molecule has 1 heterocycles. The fraction of sp³-hybridized carbons (Fsp3) is 0.424. The maximum absolute atomic E-state index is 12.8. The molecule has 0 N–H and O–H groups in total. The highest BCUT2D eigenvalue weighted by Crippen LogP contribution is 2.30. The summed E-state index contributed by atoms with van der Waals surface area (Å²) in [5, 5.41) is 19.3. The van der Waals surface area contributed by atoms with Crippen molar-refractivity contribution in [1.29, 1.82) is 10.5 Å². The number of aromatic nitrogens is 2. The second-order valence-electron chi connectivity index (χ2n) is 9.84. The lowest BCUT2D eigenvalue weighted by Gasteiger charge is -2.12. The number of esters is 1. The van der Waals surface area contributed by atoms with E-state index in [0.717, 1.165) is 49.7 Å². The third-order valence-corrected chi connectivity index (χ3v) is 6.71. The third-order valence-electron chi connectivity index (χ3n) is 6.71. The number of aryl methyl sites for hydroxylation is 1. The third kappa shape index (κ3) is 8.92. The van der Waals surface area contributed by atoms with Crippen LogP contribution in [0.5, 0.6) is 11.5 Å². The molecule has 0 saturated heterocycles. The largest absolute Gasteiger partial charge is 0.492 e. The Morgan fingerprint density at radius 3 is 1.98 bits per heavy atom. The molecule has 0 aliphatic rings. The van der Waals surface area contributed by atoms with Crippen LogP contribution in [-0.2, 0) is 6.42 Å². The first-order valence-corrected chi connectivity index (χ1v) is 14.3. The summed E-state index contributed by atoms with van der Waals surface area (Å²) in [7, 11) is 0. The van der Waals surface area contributed by atoms with E-state index in [9.17, 15) is 15.3 Å². The minimum Gasteiger partial charge on any atom is -0.492 e. The highest BCUT2D eigenvalue weighted by molar-refractivity contribution is 5.92. The molecule has 0 saturated carbocycles. The van der Waals surface area contributed by atoms with Gasteiger partial charge in [-0.2, -0.15) is 10.5 Å². The maximum atomic E-state index is 12.8. The quantitative estimate of drug-likeness (QED) is 0.103. The minimum absolute atomic E-state index is 0.0204. The van der Waals surface area contributed by atoms with Crippen molar-refractivity contribution < 1.29 is 14.3 Å². The molecular weight excluding hydrogens is 500 g/mol. The second kappa shape index (κ2) is 16.7. The average Bonchev–Trinajstić information content (AvgIpc) is 2.99. The van der Waals surface area contributed by atoms with E-state index in [0.29, 0.717) is 23.7 Å². The van der Waals surface area contributed by atoms with Gasteiger partial charge in [0.1, 0.15) is 29.0 Å². The number of benzene rings is 2. The molecule has 0 spiro atoms. The average molecular weight is 539 g/mol. The van der Waals surface area contributed by atoms with E-state index >= 15 is 0 Å². The van der Waals surface area contributed by atoms with Gasteiger partial charge in [-0.25, -0.2) is 14.8 Å². The Labute approximate surface area is 237 Å². The van der Waals surface area contributed by atoms with Crippen LogP contribution < -0.4 is 9.47 Å². The lowest BCUT2D eigenvalue weighted by molar-refractivity contribution is 0.0734. The summed E-state index contributed by atoms with van der Waals surface area (Å²) in [4.78, 5) is 21.8. The molecule has 208 valence electrons. The van der Waals surface area contributed by atoms with Crippen LogP contribution in [0, 0.1) is 22.7 Å². The fourth-order valence-corrected chi connectivity index (χ4v) is 4.36. The predicted octanol–water partition coefficient (Wildman–Crippen LogP) is 7.97. The Hall–Kier alpha value is -4.23. The summed E-state index contributed by atoms with van der Waals surface area (Å²) in [5.41, 5.74) is 2.26. The summed E-state index contributed by atoms with van der Waals surface area (Å²) < 4.78 is 11.2. The van der Waals surface area contributed by atoms with Crippen LogP contribution >= 0.6 is 0 Å². The molecule has 1 aromatic heterocycles. The van der Waals surface area contributed by atoms with Gasteiger partial charge in [0.15, 0.2) is 11.6 Å². The Morgan fingerprint density at radius 1 is 0.750 bits per heavy atom. The number of hydrogen-bond donors (Lipinski definition) is 0. The molecule has 0 aliphatic heterocycles. The zero-order chi connectivity index (χ0) is 28.6. The summed E-state index contributed by atoms with van der Waals surface area (Å²) >= 11 is 0. The summed E-state index contributed by atoms with van der Waals surface area (Å²) in [6, 6.07) is 13.9. The summed E-state index contributed by atoms with van der Waals surface area (Å²) in [6.07, 6.45) is 16.3. The van der Waals surface area contributed by atoms with E-state index < -0.39 is 5.97 Å². The van der Waals surface area contributed by atoms with Crippen LogP contribution in [0.4, 0.5) is 0 Å². The number of unbranched alkanes of at least 4 members (excludes halogenated alkanes) is 8. The van der Waals surface area contributed by atoms with E-state index in [1.165, 1.54) is 38.2 Å². The van der Waals surface area contributed by atoms with Gasteiger partial charge in [0, 0.05) is 18.0 Å². The zero-order valence-electron chi connectivity index (χ0n) is 23.6. The number of rotatable bonds is 16. The van der Waals surface area contributed by atoms with Crippen molar-refractivity contribution in [2.45, 2.75) is 84.5 Å². The van der Waals surface area contributed by atoms with Crippen molar-refractivity contribution >= 4 is 5.97 Å². The van der Waals surface area contributed by atoms with E-state index in [4.69, 9.17) is 9.47 Å². The fourth-order valence-electron chi connectivity index (χ4n) is 4.36.